The summed E-state index contributed by atoms with van der Waals surface area (Å²) in [5.74, 6) is -0.407. The number of nitrogens with zero attached hydrogens (tertiary/aromatic N) is 3. The fraction of sp³-hybridized carbons (Fsp3) is 0.350. The number of carbonyl (C=O) groups is 4. The molecule has 1 aromatic heterocycles. The molecule has 0 saturated carbocycles. The second-order valence-electron chi connectivity index (χ2n) is 6.84. The lowest BCUT2D eigenvalue weighted by atomic mass is 10.1. The molecule has 1 aromatic carbocycles. The van der Waals surface area contributed by atoms with Crippen LogP contribution in [0.4, 0.5) is 9.93 Å². The molecule has 1 N–H and O–H groups in total. The number of methoxy groups -OCH3 is 2. The molecule has 31 heavy (non-hydrogen) atoms. The van der Waals surface area contributed by atoms with Crippen LogP contribution in [0.3, 0.4) is 0 Å². The van der Waals surface area contributed by atoms with Crippen molar-refractivity contribution < 1.29 is 28.7 Å². The van der Waals surface area contributed by atoms with E-state index in [0.717, 1.165) is 21.8 Å². The fourth-order valence-corrected chi connectivity index (χ4v) is 4.21. The third-order valence-corrected chi connectivity index (χ3v) is 5.72. The molecule has 10 nitrogen and oxygen atoms in total. The quantitative estimate of drug-likeness (QED) is 0.509. The van der Waals surface area contributed by atoms with Gasteiger partial charge >= 0.3 is 12.0 Å². The van der Waals surface area contributed by atoms with Crippen LogP contribution < -0.4 is 15.0 Å². The number of benzene rings is 1. The lowest BCUT2D eigenvalue weighted by Gasteiger charge is -2.22. The summed E-state index contributed by atoms with van der Waals surface area (Å²) in [6.45, 7) is 1.95. The maximum Gasteiger partial charge on any atom is 0.357 e. The van der Waals surface area contributed by atoms with Gasteiger partial charge in [-0.15, -0.1) is 11.3 Å². The van der Waals surface area contributed by atoms with Gasteiger partial charge in [-0.05, 0) is 31.0 Å². The van der Waals surface area contributed by atoms with Crippen molar-refractivity contribution in [2.45, 2.75) is 32.0 Å². The topological polar surface area (TPSA) is 118 Å². The first kappa shape index (κ1) is 22.2. The van der Waals surface area contributed by atoms with E-state index in [-0.39, 0.29) is 24.7 Å². The molecule has 1 saturated heterocycles. The van der Waals surface area contributed by atoms with Crippen molar-refractivity contribution >= 4 is 40.8 Å². The van der Waals surface area contributed by atoms with Crippen molar-refractivity contribution in [3.8, 4) is 5.75 Å². The van der Waals surface area contributed by atoms with Crippen molar-refractivity contribution in [1.82, 2.24) is 15.2 Å². The Labute approximate surface area is 182 Å². The predicted octanol–water partition coefficient (Wildman–Crippen LogP) is 1.80. The summed E-state index contributed by atoms with van der Waals surface area (Å²) in [6.07, 6.45) is 0.596. The Morgan fingerprint density at radius 3 is 2.84 bits per heavy atom. The second kappa shape index (κ2) is 9.56. The van der Waals surface area contributed by atoms with Crippen LogP contribution in [-0.2, 0) is 20.9 Å². The largest absolute Gasteiger partial charge is 0.497 e. The minimum atomic E-state index is -0.969. The monoisotopic (exact) mass is 446 g/mol. The summed E-state index contributed by atoms with van der Waals surface area (Å²) in [7, 11) is 2.79. The Bertz CT molecular complexity index is 994. The number of hydrogen-bond donors (Lipinski definition) is 1. The lowest BCUT2D eigenvalue weighted by Crippen LogP contribution is -2.48. The molecule has 0 spiro atoms. The van der Waals surface area contributed by atoms with Crippen molar-refractivity contribution in [2.75, 3.05) is 19.1 Å². The van der Waals surface area contributed by atoms with Crippen LogP contribution in [0.2, 0.25) is 0 Å². The Morgan fingerprint density at radius 1 is 1.39 bits per heavy atom. The van der Waals surface area contributed by atoms with Crippen molar-refractivity contribution in [1.29, 1.82) is 0 Å². The molecule has 2 atom stereocenters. The Morgan fingerprint density at radius 2 is 2.16 bits per heavy atom. The van der Waals surface area contributed by atoms with Gasteiger partial charge in [0.25, 0.3) is 5.91 Å². The third kappa shape index (κ3) is 4.66. The van der Waals surface area contributed by atoms with Crippen LogP contribution in [0, 0.1) is 0 Å². The van der Waals surface area contributed by atoms with Crippen LogP contribution in [0.5, 0.6) is 5.75 Å². The van der Waals surface area contributed by atoms with Gasteiger partial charge in [-0.3, -0.25) is 19.4 Å². The molecular weight excluding hydrogens is 424 g/mol. The Kier molecular flexibility index (Phi) is 6.85. The molecule has 164 valence electrons. The van der Waals surface area contributed by atoms with E-state index in [1.807, 2.05) is 0 Å². The Hall–Kier alpha value is -3.47. The van der Waals surface area contributed by atoms with Gasteiger partial charge in [0, 0.05) is 18.0 Å². The van der Waals surface area contributed by atoms with Gasteiger partial charge in [0.1, 0.15) is 11.8 Å². The number of hydrogen-bond acceptors (Lipinski definition) is 8. The van der Waals surface area contributed by atoms with Gasteiger partial charge in [0.2, 0.25) is 6.41 Å². The van der Waals surface area contributed by atoms with Gasteiger partial charge in [-0.25, -0.2) is 14.6 Å². The molecule has 0 aliphatic carbocycles. The number of ether oxygens (including phenoxy) is 2. The molecule has 11 heteroatoms. The molecule has 2 unspecified atom stereocenters. The standard InChI is InChI=1S/C20H22N4O6S/c1-12-7-16(17(26)24(12)20-22-15(10-31-20)18(27)30-3)23(11-25)19(28)21-9-13-5-4-6-14(8-13)29-2/h4-6,8,10-12,16H,7,9H2,1-3H3,(H,21,28). The minimum absolute atomic E-state index is 0.0919. The highest BCUT2D eigenvalue weighted by Gasteiger charge is 2.44. The van der Waals surface area contributed by atoms with Crippen LogP contribution in [0.25, 0.3) is 0 Å². The van der Waals surface area contributed by atoms with Gasteiger partial charge < -0.3 is 14.8 Å². The summed E-state index contributed by atoms with van der Waals surface area (Å²) in [5, 5.41) is 4.45. The van der Waals surface area contributed by atoms with E-state index in [1.165, 1.54) is 17.4 Å². The van der Waals surface area contributed by atoms with E-state index in [0.29, 0.717) is 17.3 Å². The summed E-state index contributed by atoms with van der Waals surface area (Å²) >= 11 is 1.11. The average Bonchev–Trinajstić information content (AvgIpc) is 3.37. The van der Waals surface area contributed by atoms with Gasteiger partial charge in [-0.2, -0.15) is 0 Å². The first-order valence-corrected chi connectivity index (χ1v) is 10.3. The van der Waals surface area contributed by atoms with E-state index in [4.69, 9.17) is 4.74 Å². The van der Waals surface area contributed by atoms with Crippen LogP contribution in [0.1, 0.15) is 29.4 Å². The normalized spacial score (nSPS) is 17.9. The molecule has 2 aromatic rings. The van der Waals surface area contributed by atoms with E-state index in [9.17, 15) is 19.2 Å². The average molecular weight is 446 g/mol. The van der Waals surface area contributed by atoms with E-state index >= 15 is 0 Å². The zero-order valence-corrected chi connectivity index (χ0v) is 18.0. The van der Waals surface area contributed by atoms with Crippen molar-refractivity contribution in [3.63, 3.8) is 0 Å². The molecule has 0 bridgehead atoms. The first-order chi connectivity index (χ1) is 14.9. The van der Waals surface area contributed by atoms with Gasteiger partial charge in [-0.1, -0.05) is 12.1 Å². The van der Waals surface area contributed by atoms with E-state index in [1.54, 1.807) is 38.3 Å². The number of anilines is 1. The molecule has 1 aliphatic rings. The summed E-state index contributed by atoms with van der Waals surface area (Å²) in [6, 6.07) is 5.16. The number of carbonyl (C=O) groups excluding carboxylic acids is 4. The maximum atomic E-state index is 13.0. The zero-order chi connectivity index (χ0) is 22.5. The van der Waals surface area contributed by atoms with Crippen LogP contribution in [0.15, 0.2) is 29.6 Å². The Balaban J connectivity index is 1.70. The maximum absolute atomic E-state index is 13.0. The number of aromatic nitrogens is 1. The highest BCUT2D eigenvalue weighted by molar-refractivity contribution is 7.14. The number of nitrogens with one attached hydrogen (secondary N) is 1. The van der Waals surface area contributed by atoms with Gasteiger partial charge in [0.05, 0.1) is 14.2 Å². The van der Waals surface area contributed by atoms with Crippen LogP contribution >= 0.6 is 11.3 Å². The summed E-state index contributed by atoms with van der Waals surface area (Å²) in [4.78, 5) is 55.4. The minimum Gasteiger partial charge on any atom is -0.497 e. The zero-order valence-electron chi connectivity index (χ0n) is 17.2. The summed E-state index contributed by atoms with van der Waals surface area (Å²) < 4.78 is 9.79. The molecule has 1 aliphatic heterocycles. The predicted molar refractivity (Wildman–Crippen MR) is 112 cm³/mol. The van der Waals surface area contributed by atoms with Crippen molar-refractivity contribution in [2.24, 2.45) is 0 Å². The lowest BCUT2D eigenvalue weighted by molar-refractivity contribution is -0.126. The number of rotatable bonds is 7. The molecule has 4 amide bonds. The number of esters is 1. The van der Waals surface area contributed by atoms with E-state index < -0.39 is 23.9 Å². The third-order valence-electron chi connectivity index (χ3n) is 4.88. The first-order valence-electron chi connectivity index (χ1n) is 9.40. The molecule has 0 radical (unpaired) electrons. The molecule has 1 fully saturated rings. The van der Waals surface area contributed by atoms with Gasteiger partial charge in [0.15, 0.2) is 10.8 Å². The summed E-state index contributed by atoms with van der Waals surface area (Å²) in [5.41, 5.74) is 0.874. The smallest absolute Gasteiger partial charge is 0.357 e. The van der Waals surface area contributed by atoms with Crippen molar-refractivity contribution in [3.05, 3.63) is 40.9 Å². The SMILES string of the molecule is COC(=O)c1csc(N2C(=O)C(N(C=O)C(=O)NCc3cccc(OC)c3)CC2C)n1. The molecule has 2 heterocycles. The number of thiazole rings is 1. The number of urea groups is 1. The molecular formula is C20H22N4O6S. The fourth-order valence-electron chi connectivity index (χ4n) is 3.31. The number of imide groups is 1. The van der Waals surface area contributed by atoms with Crippen LogP contribution in [-0.4, -0.2) is 60.5 Å². The second-order valence-corrected chi connectivity index (χ2v) is 7.68. The van der Waals surface area contributed by atoms with E-state index in [2.05, 4.69) is 15.0 Å². The highest BCUT2D eigenvalue weighted by Crippen LogP contribution is 2.31. The molecule has 3 rings (SSSR count). The highest BCUT2D eigenvalue weighted by atomic mass is 32.1. The number of amides is 4.